The molecule has 0 spiro atoms. The Labute approximate surface area is 118 Å². The van der Waals surface area contributed by atoms with Gasteiger partial charge in [0, 0.05) is 5.56 Å². The first-order chi connectivity index (χ1) is 9.44. The molecule has 2 aromatic rings. The normalized spacial score (nSPS) is 11.0. The Kier molecular flexibility index (Phi) is 3.86. The molecule has 2 rings (SSSR count). The molecular formula is C12H9NO5S2. The molecule has 0 atom stereocenters. The molecule has 0 radical (unpaired) electrons. The van der Waals surface area contributed by atoms with Gasteiger partial charge < -0.3 is 5.11 Å². The Morgan fingerprint density at radius 3 is 2.20 bits per heavy atom. The van der Waals surface area contributed by atoms with Crippen molar-refractivity contribution in [3.05, 3.63) is 53.4 Å². The second-order valence-corrected chi connectivity index (χ2v) is 6.27. The van der Waals surface area contributed by atoms with E-state index in [0.717, 1.165) is 11.3 Å². The number of hydrogen-bond acceptors (Lipinski definition) is 5. The minimum absolute atomic E-state index is 0.0539. The Hall–Kier alpha value is -2.19. The Morgan fingerprint density at radius 1 is 1.05 bits per heavy atom. The first-order valence-corrected chi connectivity index (χ1v) is 7.67. The van der Waals surface area contributed by atoms with Gasteiger partial charge in [-0.05, 0) is 17.5 Å². The van der Waals surface area contributed by atoms with Crippen molar-refractivity contribution in [2.45, 2.75) is 0 Å². The van der Waals surface area contributed by atoms with E-state index in [2.05, 4.69) is 0 Å². The molecule has 0 bridgehead atoms. The van der Waals surface area contributed by atoms with Gasteiger partial charge in [0.25, 0.3) is 5.12 Å². The predicted octanol–water partition coefficient (Wildman–Crippen LogP) is 2.40. The highest BCUT2D eigenvalue weighted by atomic mass is 32.2. The van der Waals surface area contributed by atoms with Crippen molar-refractivity contribution in [2.24, 2.45) is 0 Å². The molecule has 0 aliphatic carbocycles. The summed E-state index contributed by atoms with van der Waals surface area (Å²) in [5.41, 5.74) is -0.0877. The SMILES string of the molecule is O=C(O)N(c1cccs1)S(=O)(=O)C(=O)c1ccccc1. The van der Waals surface area contributed by atoms with Gasteiger partial charge in [0.05, 0.1) is 0 Å². The number of amides is 1. The Bertz CT molecular complexity index is 722. The number of carbonyl (C=O) groups is 2. The van der Waals surface area contributed by atoms with Crippen molar-refractivity contribution in [2.75, 3.05) is 4.31 Å². The summed E-state index contributed by atoms with van der Waals surface area (Å²) in [6, 6.07) is 10.1. The molecule has 6 nitrogen and oxygen atoms in total. The third-order valence-corrected chi connectivity index (χ3v) is 4.87. The van der Waals surface area contributed by atoms with Gasteiger partial charge in [-0.3, -0.25) is 4.79 Å². The molecule has 1 amide bonds. The number of nitrogens with zero attached hydrogens (tertiary/aromatic N) is 1. The van der Waals surface area contributed by atoms with Crippen LogP contribution in [0.4, 0.5) is 9.80 Å². The van der Waals surface area contributed by atoms with E-state index in [1.165, 1.54) is 41.8 Å². The third-order valence-electron chi connectivity index (χ3n) is 2.36. The summed E-state index contributed by atoms with van der Waals surface area (Å²) < 4.78 is 24.4. The molecule has 1 N–H and O–H groups in total. The minimum atomic E-state index is -4.67. The fourth-order valence-corrected chi connectivity index (χ4v) is 3.66. The molecule has 0 fully saturated rings. The maximum absolute atomic E-state index is 12.2. The Balaban J connectivity index is 2.48. The fraction of sp³-hybridized carbons (Fsp3) is 0. The van der Waals surface area contributed by atoms with Crippen LogP contribution in [0.25, 0.3) is 0 Å². The molecule has 0 aliphatic heterocycles. The number of carbonyl (C=O) groups excluding carboxylic acids is 1. The van der Waals surface area contributed by atoms with Crippen molar-refractivity contribution in [1.29, 1.82) is 0 Å². The monoisotopic (exact) mass is 311 g/mol. The topological polar surface area (TPSA) is 91.8 Å². The minimum Gasteiger partial charge on any atom is -0.464 e. The van der Waals surface area contributed by atoms with E-state index in [4.69, 9.17) is 5.11 Å². The molecule has 1 aromatic heterocycles. The van der Waals surface area contributed by atoms with E-state index in [0.29, 0.717) is 0 Å². The largest absolute Gasteiger partial charge is 0.464 e. The average molecular weight is 311 g/mol. The van der Waals surface area contributed by atoms with Gasteiger partial charge >= 0.3 is 16.1 Å². The summed E-state index contributed by atoms with van der Waals surface area (Å²) in [6.07, 6.45) is -1.73. The van der Waals surface area contributed by atoms with Gasteiger partial charge in [-0.15, -0.1) is 11.3 Å². The summed E-state index contributed by atoms with van der Waals surface area (Å²) in [5, 5.41) is 9.29. The van der Waals surface area contributed by atoms with Crippen molar-refractivity contribution in [1.82, 2.24) is 0 Å². The van der Waals surface area contributed by atoms with E-state index in [1.54, 1.807) is 6.07 Å². The van der Waals surface area contributed by atoms with Crippen LogP contribution in [0.1, 0.15) is 10.4 Å². The van der Waals surface area contributed by atoms with Crippen LogP contribution >= 0.6 is 11.3 Å². The summed E-state index contributed by atoms with van der Waals surface area (Å²) in [4.78, 5) is 23.2. The average Bonchev–Trinajstić information content (AvgIpc) is 2.91. The van der Waals surface area contributed by atoms with E-state index >= 15 is 0 Å². The highest BCUT2D eigenvalue weighted by Crippen LogP contribution is 2.26. The lowest BCUT2D eigenvalue weighted by molar-refractivity contribution is 0.107. The van der Waals surface area contributed by atoms with Crippen LogP contribution < -0.4 is 4.31 Å². The van der Waals surface area contributed by atoms with Crippen LogP contribution in [0, 0.1) is 0 Å². The summed E-state index contributed by atoms with van der Waals surface area (Å²) in [6.45, 7) is 0. The maximum atomic E-state index is 12.2. The highest BCUT2D eigenvalue weighted by molar-refractivity contribution is 8.08. The predicted molar refractivity (Wildman–Crippen MR) is 74.5 cm³/mol. The second kappa shape index (κ2) is 5.43. The van der Waals surface area contributed by atoms with Gasteiger partial charge in [-0.25, -0.2) is 4.79 Å². The smallest absolute Gasteiger partial charge is 0.426 e. The van der Waals surface area contributed by atoms with Crippen molar-refractivity contribution < 1.29 is 23.1 Å². The zero-order valence-corrected chi connectivity index (χ0v) is 11.6. The number of carboxylic acid groups (broad SMARTS) is 1. The molecule has 20 heavy (non-hydrogen) atoms. The van der Waals surface area contributed by atoms with E-state index < -0.39 is 21.2 Å². The lowest BCUT2D eigenvalue weighted by Gasteiger charge is -2.16. The molecule has 0 aliphatic rings. The van der Waals surface area contributed by atoms with Gasteiger partial charge in [0.15, 0.2) is 0 Å². The number of thiophene rings is 1. The van der Waals surface area contributed by atoms with Crippen LogP contribution in [0.2, 0.25) is 0 Å². The number of anilines is 1. The van der Waals surface area contributed by atoms with Gasteiger partial charge in [0.2, 0.25) is 0 Å². The van der Waals surface area contributed by atoms with Gasteiger partial charge in [-0.2, -0.15) is 12.7 Å². The molecular weight excluding hydrogens is 302 g/mol. The fourth-order valence-electron chi connectivity index (χ4n) is 1.51. The van der Waals surface area contributed by atoms with Crippen molar-refractivity contribution >= 4 is 37.6 Å². The van der Waals surface area contributed by atoms with E-state index in [-0.39, 0.29) is 14.9 Å². The molecule has 1 heterocycles. The molecule has 1 aromatic carbocycles. The zero-order valence-electron chi connectivity index (χ0n) is 9.96. The number of rotatable bonds is 2. The number of benzene rings is 1. The second-order valence-electron chi connectivity index (χ2n) is 3.66. The lowest BCUT2D eigenvalue weighted by atomic mass is 10.2. The van der Waals surface area contributed by atoms with Crippen molar-refractivity contribution in [3.8, 4) is 0 Å². The zero-order chi connectivity index (χ0) is 14.8. The highest BCUT2D eigenvalue weighted by Gasteiger charge is 2.37. The van der Waals surface area contributed by atoms with Crippen LogP contribution in [-0.2, 0) is 10.0 Å². The number of sulfonamides is 1. The van der Waals surface area contributed by atoms with E-state index in [9.17, 15) is 18.0 Å². The summed E-state index contributed by atoms with van der Waals surface area (Å²) in [5.74, 6) is 0. The maximum Gasteiger partial charge on any atom is 0.426 e. The molecule has 0 unspecified atom stereocenters. The Morgan fingerprint density at radius 2 is 1.70 bits per heavy atom. The molecule has 104 valence electrons. The third kappa shape index (κ3) is 2.56. The molecule has 8 heteroatoms. The van der Waals surface area contributed by atoms with Gasteiger partial charge in [-0.1, -0.05) is 30.3 Å². The summed E-state index contributed by atoms with van der Waals surface area (Å²) >= 11 is 0.913. The van der Waals surface area contributed by atoms with Crippen LogP contribution in [0.15, 0.2) is 47.8 Å². The first-order valence-electron chi connectivity index (χ1n) is 5.35. The number of hydrogen-bond donors (Lipinski definition) is 1. The van der Waals surface area contributed by atoms with Crippen LogP contribution in [-0.4, -0.2) is 24.7 Å². The van der Waals surface area contributed by atoms with E-state index in [1.807, 2.05) is 0 Å². The first kappa shape index (κ1) is 14.2. The van der Waals surface area contributed by atoms with Gasteiger partial charge in [0.1, 0.15) is 5.00 Å². The van der Waals surface area contributed by atoms with Crippen LogP contribution in [0.3, 0.4) is 0 Å². The van der Waals surface area contributed by atoms with Crippen LogP contribution in [0.5, 0.6) is 0 Å². The van der Waals surface area contributed by atoms with Crippen molar-refractivity contribution in [3.63, 3.8) is 0 Å². The molecule has 0 saturated carbocycles. The standard InChI is InChI=1S/C12H9NO5S2/c14-11(9-5-2-1-3-6-9)20(17,18)13(12(15)16)10-7-4-8-19-10/h1-8H,(H,15,16). The quantitative estimate of drug-likeness (QED) is 0.919. The summed E-state index contributed by atoms with van der Waals surface area (Å²) in [7, 11) is -4.67. The molecule has 0 saturated heterocycles. The lowest BCUT2D eigenvalue weighted by Crippen LogP contribution is -2.39.